The van der Waals surface area contributed by atoms with Crippen LogP contribution in [0.15, 0.2) is 30.6 Å². The molecule has 7 heteroatoms. The Morgan fingerprint density at radius 3 is 3.12 bits per heavy atom. The zero-order valence-corrected chi connectivity index (χ0v) is 14.3. The number of H-pyrrole nitrogens is 1. The minimum Gasteiger partial charge on any atom is -0.492 e. The van der Waals surface area contributed by atoms with Crippen LogP contribution in [-0.4, -0.2) is 47.5 Å². The number of aromatic amines is 1. The molecule has 1 atom stereocenters. The van der Waals surface area contributed by atoms with E-state index in [0.29, 0.717) is 23.9 Å². The first-order chi connectivity index (χ1) is 11.7. The van der Waals surface area contributed by atoms with E-state index in [4.69, 9.17) is 16.3 Å². The molecule has 128 valence electrons. The van der Waals surface area contributed by atoms with Gasteiger partial charge in [-0.05, 0) is 18.6 Å². The third-order valence-corrected chi connectivity index (χ3v) is 4.42. The Hall–Kier alpha value is -2.05. The first kappa shape index (κ1) is 16.8. The molecule has 0 spiro atoms. The Bertz CT molecular complexity index is 703. The fourth-order valence-corrected chi connectivity index (χ4v) is 2.99. The summed E-state index contributed by atoms with van der Waals surface area (Å²) in [7, 11) is 1.81. The average molecular weight is 349 g/mol. The van der Waals surface area contributed by atoms with Crippen LogP contribution < -0.4 is 10.1 Å². The largest absolute Gasteiger partial charge is 0.492 e. The highest BCUT2D eigenvalue weighted by atomic mass is 35.5. The monoisotopic (exact) mass is 348 g/mol. The summed E-state index contributed by atoms with van der Waals surface area (Å²) in [5.74, 6) is 0.698. The van der Waals surface area contributed by atoms with Gasteiger partial charge in [0.2, 0.25) is 5.91 Å². The van der Waals surface area contributed by atoms with Gasteiger partial charge < -0.3 is 19.9 Å². The van der Waals surface area contributed by atoms with E-state index in [9.17, 15) is 4.79 Å². The van der Waals surface area contributed by atoms with Gasteiger partial charge in [-0.2, -0.15) is 0 Å². The highest BCUT2D eigenvalue weighted by Gasteiger charge is 2.30. The third kappa shape index (κ3) is 3.71. The predicted octanol–water partition coefficient (Wildman–Crippen LogP) is 2.18. The average Bonchev–Trinajstić information content (AvgIpc) is 3.08. The van der Waals surface area contributed by atoms with E-state index >= 15 is 0 Å². The van der Waals surface area contributed by atoms with E-state index in [1.165, 1.54) is 0 Å². The summed E-state index contributed by atoms with van der Waals surface area (Å²) in [4.78, 5) is 21.7. The van der Waals surface area contributed by atoms with Gasteiger partial charge in [0, 0.05) is 32.3 Å². The smallest absolute Gasteiger partial charge is 0.245 e. The van der Waals surface area contributed by atoms with E-state index in [0.717, 1.165) is 30.8 Å². The van der Waals surface area contributed by atoms with E-state index in [2.05, 4.69) is 15.3 Å². The molecule has 2 aromatic rings. The summed E-state index contributed by atoms with van der Waals surface area (Å²) in [6, 6.07) is 7.01. The summed E-state index contributed by atoms with van der Waals surface area (Å²) >= 11 is 6.05. The van der Waals surface area contributed by atoms with Crippen LogP contribution in [0.1, 0.15) is 23.9 Å². The summed E-state index contributed by atoms with van der Waals surface area (Å²) in [5.41, 5.74) is 1.85. The Labute approximate surface area is 146 Å². The van der Waals surface area contributed by atoms with Crippen molar-refractivity contribution in [2.75, 3.05) is 26.7 Å². The highest BCUT2D eigenvalue weighted by Crippen LogP contribution is 2.23. The molecule has 0 unspecified atom stereocenters. The number of hydrogen-bond acceptors (Lipinski definition) is 4. The zero-order valence-electron chi connectivity index (χ0n) is 13.6. The molecule has 0 saturated heterocycles. The normalized spacial score (nSPS) is 16.5. The van der Waals surface area contributed by atoms with Crippen LogP contribution in [-0.2, 0) is 11.2 Å². The van der Waals surface area contributed by atoms with Gasteiger partial charge in [0.05, 0.1) is 23.7 Å². The Morgan fingerprint density at radius 2 is 2.29 bits per heavy atom. The minimum absolute atomic E-state index is 0.0285. The number of imidazole rings is 1. The van der Waals surface area contributed by atoms with Crippen molar-refractivity contribution in [1.82, 2.24) is 20.2 Å². The van der Waals surface area contributed by atoms with Gasteiger partial charge in [0.25, 0.3) is 0 Å². The molecule has 24 heavy (non-hydrogen) atoms. The lowest BCUT2D eigenvalue weighted by atomic mass is 10.0. The zero-order chi connectivity index (χ0) is 16.9. The van der Waals surface area contributed by atoms with Crippen LogP contribution >= 0.6 is 11.6 Å². The maximum atomic E-state index is 12.6. The highest BCUT2D eigenvalue weighted by molar-refractivity contribution is 6.32. The third-order valence-electron chi connectivity index (χ3n) is 4.10. The number of likely N-dealkylation sites (N-methyl/N-ethyl adjacent to an activating group) is 1. The van der Waals surface area contributed by atoms with E-state index in [-0.39, 0.29) is 11.9 Å². The maximum absolute atomic E-state index is 12.6. The number of nitrogens with one attached hydrogen (secondary N) is 2. The van der Waals surface area contributed by atoms with Gasteiger partial charge in [0.15, 0.2) is 0 Å². The van der Waals surface area contributed by atoms with Crippen LogP contribution in [0.2, 0.25) is 5.02 Å². The molecule has 1 amide bonds. The number of rotatable bonds is 6. The molecule has 1 aromatic heterocycles. The van der Waals surface area contributed by atoms with Crippen LogP contribution in [0.4, 0.5) is 0 Å². The van der Waals surface area contributed by atoms with E-state index in [1.807, 2.05) is 18.2 Å². The van der Waals surface area contributed by atoms with Crippen LogP contribution in [0.25, 0.3) is 0 Å². The van der Waals surface area contributed by atoms with Crippen LogP contribution in [0.5, 0.6) is 5.75 Å². The number of nitrogens with zero attached hydrogens (tertiary/aromatic N) is 2. The molecular weight excluding hydrogens is 328 g/mol. The number of ether oxygens (including phenoxy) is 1. The van der Waals surface area contributed by atoms with Crippen molar-refractivity contribution in [3.05, 3.63) is 47.0 Å². The summed E-state index contributed by atoms with van der Waals surface area (Å²) in [5, 5.41) is 3.84. The number of carbonyl (C=O) groups is 1. The molecule has 2 heterocycles. The topological polar surface area (TPSA) is 70.2 Å². The van der Waals surface area contributed by atoms with Gasteiger partial charge in [-0.15, -0.1) is 0 Å². The molecule has 3 rings (SSSR count). The second kappa shape index (κ2) is 7.68. The standard InChI is InChI=1S/C17H21ClN4O2/c1-22(9-4-10-24-14-6-3-2-5-12(14)18)17(23)16-15-13(7-8-19-16)20-11-21-15/h2-3,5-6,11,16,19H,4,7-10H2,1H3,(H,20,21)/t16-/m0/s1. The van der Waals surface area contributed by atoms with Crippen molar-refractivity contribution in [2.24, 2.45) is 0 Å². The van der Waals surface area contributed by atoms with Crippen molar-refractivity contribution in [3.63, 3.8) is 0 Å². The summed E-state index contributed by atoms with van der Waals surface area (Å²) in [6.07, 6.45) is 3.25. The minimum atomic E-state index is -0.366. The second-order valence-corrected chi connectivity index (χ2v) is 6.20. The lowest BCUT2D eigenvalue weighted by molar-refractivity contribution is -0.132. The van der Waals surface area contributed by atoms with Crippen molar-refractivity contribution in [1.29, 1.82) is 0 Å². The van der Waals surface area contributed by atoms with Gasteiger partial charge in [0.1, 0.15) is 11.8 Å². The first-order valence-corrected chi connectivity index (χ1v) is 8.42. The van der Waals surface area contributed by atoms with Crippen LogP contribution in [0, 0.1) is 0 Å². The van der Waals surface area contributed by atoms with E-state index in [1.54, 1.807) is 24.3 Å². The Balaban J connectivity index is 1.48. The number of amides is 1. The van der Waals surface area contributed by atoms with Crippen molar-refractivity contribution in [2.45, 2.75) is 18.9 Å². The first-order valence-electron chi connectivity index (χ1n) is 8.04. The number of para-hydroxylation sites is 1. The molecule has 0 aliphatic carbocycles. The molecule has 1 aromatic carbocycles. The van der Waals surface area contributed by atoms with E-state index < -0.39 is 0 Å². The van der Waals surface area contributed by atoms with Gasteiger partial charge in [-0.25, -0.2) is 4.98 Å². The molecule has 2 N–H and O–H groups in total. The molecule has 0 radical (unpaired) electrons. The number of aromatic nitrogens is 2. The fraction of sp³-hybridized carbons (Fsp3) is 0.412. The quantitative estimate of drug-likeness (QED) is 0.785. The van der Waals surface area contributed by atoms with Crippen molar-refractivity contribution in [3.8, 4) is 5.75 Å². The van der Waals surface area contributed by atoms with Crippen molar-refractivity contribution < 1.29 is 9.53 Å². The van der Waals surface area contributed by atoms with Crippen LogP contribution in [0.3, 0.4) is 0 Å². The number of halogens is 1. The van der Waals surface area contributed by atoms with Gasteiger partial charge in [-0.1, -0.05) is 23.7 Å². The SMILES string of the molecule is CN(CCCOc1ccccc1Cl)C(=O)[C@H]1NCCc2[nH]cnc21. The fourth-order valence-electron chi connectivity index (χ4n) is 2.80. The number of hydrogen-bond donors (Lipinski definition) is 2. The molecule has 1 aliphatic heterocycles. The summed E-state index contributed by atoms with van der Waals surface area (Å²) < 4.78 is 5.65. The predicted molar refractivity (Wildman–Crippen MR) is 92.2 cm³/mol. The molecule has 0 bridgehead atoms. The number of benzene rings is 1. The Morgan fingerprint density at radius 1 is 1.46 bits per heavy atom. The lowest BCUT2D eigenvalue weighted by Crippen LogP contribution is -2.42. The number of fused-ring (bicyclic) bond motifs is 1. The Kier molecular flexibility index (Phi) is 5.37. The maximum Gasteiger partial charge on any atom is 0.245 e. The molecule has 0 fully saturated rings. The molecule has 0 saturated carbocycles. The summed E-state index contributed by atoms with van der Waals surface area (Å²) in [6.45, 7) is 1.89. The molecule has 1 aliphatic rings. The lowest BCUT2D eigenvalue weighted by Gasteiger charge is -2.27. The number of carbonyl (C=O) groups excluding carboxylic acids is 1. The molecule has 6 nitrogen and oxygen atoms in total. The van der Waals surface area contributed by atoms with Gasteiger partial charge >= 0.3 is 0 Å². The molecular formula is C17H21ClN4O2. The van der Waals surface area contributed by atoms with Gasteiger partial charge in [-0.3, -0.25) is 4.79 Å². The van der Waals surface area contributed by atoms with Crippen molar-refractivity contribution >= 4 is 17.5 Å². The second-order valence-electron chi connectivity index (χ2n) is 5.80.